The molecular weight excluding hydrogens is 232 g/mol. The molecule has 1 N–H and O–H groups in total. The van der Waals surface area contributed by atoms with Crippen molar-refractivity contribution in [3.05, 3.63) is 11.4 Å². The maximum absolute atomic E-state index is 5.48. The highest BCUT2D eigenvalue weighted by Crippen LogP contribution is 2.27. The van der Waals surface area contributed by atoms with E-state index in [1.165, 1.54) is 5.69 Å². The van der Waals surface area contributed by atoms with Gasteiger partial charge in [0.2, 0.25) is 0 Å². The van der Waals surface area contributed by atoms with Crippen LogP contribution in [0, 0.1) is 0 Å². The van der Waals surface area contributed by atoms with E-state index in [0.29, 0.717) is 5.92 Å². The normalized spacial score (nSPS) is 19.6. The average molecular weight is 254 g/mol. The smallest absolute Gasteiger partial charge is 0.100 e. The van der Waals surface area contributed by atoms with Crippen molar-refractivity contribution in [1.29, 1.82) is 0 Å². The Kier molecular flexibility index (Phi) is 5.10. The predicted molar refractivity (Wildman–Crippen MR) is 67.5 cm³/mol. The van der Waals surface area contributed by atoms with Crippen LogP contribution in [0.25, 0.3) is 0 Å². The second-order valence-corrected chi connectivity index (χ2v) is 4.58. The first kappa shape index (κ1) is 13.5. The van der Waals surface area contributed by atoms with Crippen LogP contribution in [0.2, 0.25) is 0 Å². The quantitative estimate of drug-likeness (QED) is 0.720. The van der Waals surface area contributed by atoms with Gasteiger partial charge in [0.15, 0.2) is 0 Å². The molecule has 1 aromatic heterocycles. The third kappa shape index (κ3) is 3.07. The lowest BCUT2D eigenvalue weighted by Gasteiger charge is -2.12. The molecule has 0 aliphatic carbocycles. The molecule has 0 spiro atoms. The number of rotatable bonds is 7. The fourth-order valence-corrected chi connectivity index (χ4v) is 2.37. The van der Waals surface area contributed by atoms with Crippen LogP contribution in [0.15, 0.2) is 0 Å². The summed E-state index contributed by atoms with van der Waals surface area (Å²) in [5, 5.41) is 11.7. The number of aryl methyl sites for hydroxylation is 1. The number of hydrogen-bond acceptors (Lipinski definition) is 5. The number of nitrogens with zero attached hydrogens (tertiary/aromatic N) is 3. The molecule has 6 heteroatoms. The summed E-state index contributed by atoms with van der Waals surface area (Å²) in [4.78, 5) is 0. The van der Waals surface area contributed by atoms with Crippen molar-refractivity contribution in [2.75, 3.05) is 34.0 Å². The van der Waals surface area contributed by atoms with Crippen molar-refractivity contribution in [1.82, 2.24) is 20.3 Å². The monoisotopic (exact) mass is 254 g/mol. The summed E-state index contributed by atoms with van der Waals surface area (Å²) in [6.07, 6.45) is 2.02. The van der Waals surface area contributed by atoms with Gasteiger partial charge in [-0.15, -0.1) is 5.10 Å². The summed E-state index contributed by atoms with van der Waals surface area (Å²) in [5.74, 6) is 0.436. The van der Waals surface area contributed by atoms with E-state index in [1.54, 1.807) is 7.11 Å². The second kappa shape index (κ2) is 6.82. The molecule has 1 atom stereocenters. The summed E-state index contributed by atoms with van der Waals surface area (Å²) in [6, 6.07) is 0. The van der Waals surface area contributed by atoms with Crippen LogP contribution in [0.1, 0.15) is 30.1 Å². The number of aromatic nitrogens is 3. The van der Waals surface area contributed by atoms with E-state index in [0.717, 1.165) is 51.4 Å². The van der Waals surface area contributed by atoms with E-state index in [2.05, 4.69) is 15.6 Å². The van der Waals surface area contributed by atoms with Gasteiger partial charge in [-0.2, -0.15) is 0 Å². The van der Waals surface area contributed by atoms with Crippen LogP contribution >= 0.6 is 0 Å². The van der Waals surface area contributed by atoms with Crippen LogP contribution in [0.5, 0.6) is 0 Å². The van der Waals surface area contributed by atoms with Crippen LogP contribution in [0.4, 0.5) is 0 Å². The average Bonchev–Trinajstić information content (AvgIpc) is 2.99. The minimum atomic E-state index is 0.436. The molecule has 0 aromatic carbocycles. The van der Waals surface area contributed by atoms with Crippen molar-refractivity contribution in [3.8, 4) is 0 Å². The molecule has 2 rings (SSSR count). The second-order valence-electron chi connectivity index (χ2n) is 4.58. The molecule has 0 radical (unpaired) electrons. The molecule has 1 aliphatic rings. The van der Waals surface area contributed by atoms with Gasteiger partial charge >= 0.3 is 0 Å². The van der Waals surface area contributed by atoms with Gasteiger partial charge < -0.3 is 14.8 Å². The largest absolute Gasteiger partial charge is 0.385 e. The Labute approximate surface area is 108 Å². The van der Waals surface area contributed by atoms with E-state index >= 15 is 0 Å². The van der Waals surface area contributed by atoms with Crippen LogP contribution in [0.3, 0.4) is 0 Å². The minimum absolute atomic E-state index is 0.436. The van der Waals surface area contributed by atoms with Crippen molar-refractivity contribution >= 4 is 0 Å². The van der Waals surface area contributed by atoms with Gasteiger partial charge in [0.05, 0.1) is 12.3 Å². The lowest BCUT2D eigenvalue weighted by Crippen LogP contribution is -2.15. The van der Waals surface area contributed by atoms with E-state index < -0.39 is 0 Å². The van der Waals surface area contributed by atoms with Crippen LogP contribution in [-0.4, -0.2) is 49.0 Å². The molecule has 0 saturated carbocycles. The van der Waals surface area contributed by atoms with E-state index in [-0.39, 0.29) is 0 Å². The summed E-state index contributed by atoms with van der Waals surface area (Å²) >= 11 is 0. The minimum Gasteiger partial charge on any atom is -0.385 e. The Morgan fingerprint density at radius 2 is 2.44 bits per heavy atom. The van der Waals surface area contributed by atoms with E-state index in [4.69, 9.17) is 9.47 Å². The molecular formula is C12H22N4O2. The molecule has 1 saturated heterocycles. The first-order valence-corrected chi connectivity index (χ1v) is 6.50. The Morgan fingerprint density at radius 3 is 3.11 bits per heavy atom. The summed E-state index contributed by atoms with van der Waals surface area (Å²) < 4.78 is 12.6. The van der Waals surface area contributed by atoms with Gasteiger partial charge in [0.25, 0.3) is 0 Å². The fraction of sp³-hybridized carbons (Fsp3) is 0.833. The Balaban J connectivity index is 2.11. The maximum atomic E-state index is 5.48. The highest BCUT2D eigenvalue weighted by molar-refractivity contribution is 5.17. The Bertz CT molecular complexity index is 361. The highest BCUT2D eigenvalue weighted by Gasteiger charge is 2.25. The molecule has 1 unspecified atom stereocenters. The topological polar surface area (TPSA) is 61.2 Å². The van der Waals surface area contributed by atoms with Crippen LogP contribution < -0.4 is 5.32 Å². The molecule has 1 aliphatic heterocycles. The third-order valence-electron chi connectivity index (χ3n) is 3.23. The van der Waals surface area contributed by atoms with Crippen molar-refractivity contribution in [2.45, 2.75) is 31.8 Å². The number of ether oxygens (including phenoxy) is 2. The number of hydrogen-bond donors (Lipinski definition) is 1. The summed E-state index contributed by atoms with van der Waals surface area (Å²) in [6.45, 7) is 4.00. The van der Waals surface area contributed by atoms with Gasteiger partial charge in [0.1, 0.15) is 5.69 Å². The zero-order valence-electron chi connectivity index (χ0n) is 11.2. The maximum Gasteiger partial charge on any atom is 0.100 e. The Hall–Kier alpha value is -0.980. The molecule has 0 bridgehead atoms. The SMILES string of the molecule is CNCc1nnn(CCCOC)c1C1CCOC1. The van der Waals surface area contributed by atoms with Crippen molar-refractivity contribution in [2.24, 2.45) is 0 Å². The zero-order valence-corrected chi connectivity index (χ0v) is 11.2. The Morgan fingerprint density at radius 1 is 1.56 bits per heavy atom. The van der Waals surface area contributed by atoms with Crippen molar-refractivity contribution in [3.63, 3.8) is 0 Å². The van der Waals surface area contributed by atoms with Gasteiger partial charge in [-0.1, -0.05) is 5.21 Å². The van der Waals surface area contributed by atoms with E-state index in [1.807, 2.05) is 11.7 Å². The molecule has 6 nitrogen and oxygen atoms in total. The molecule has 2 heterocycles. The first-order valence-electron chi connectivity index (χ1n) is 6.50. The fourth-order valence-electron chi connectivity index (χ4n) is 2.37. The standard InChI is InChI=1S/C12H22N4O2/c1-13-8-11-12(10-4-7-18-9-10)16(15-14-11)5-3-6-17-2/h10,13H,3-9H2,1-2H3. The molecule has 1 fully saturated rings. The van der Waals surface area contributed by atoms with Gasteiger partial charge in [-0.3, -0.25) is 0 Å². The zero-order chi connectivity index (χ0) is 12.8. The molecule has 18 heavy (non-hydrogen) atoms. The van der Waals surface area contributed by atoms with Crippen molar-refractivity contribution < 1.29 is 9.47 Å². The number of methoxy groups -OCH3 is 1. The van der Waals surface area contributed by atoms with Gasteiger partial charge in [0, 0.05) is 39.3 Å². The van der Waals surface area contributed by atoms with E-state index in [9.17, 15) is 0 Å². The van der Waals surface area contributed by atoms with Crippen LogP contribution in [-0.2, 0) is 22.6 Å². The lowest BCUT2D eigenvalue weighted by molar-refractivity contribution is 0.186. The predicted octanol–water partition coefficient (Wildman–Crippen LogP) is 0.538. The number of nitrogens with one attached hydrogen (secondary N) is 1. The highest BCUT2D eigenvalue weighted by atomic mass is 16.5. The summed E-state index contributed by atoms with van der Waals surface area (Å²) in [7, 11) is 3.65. The molecule has 102 valence electrons. The molecule has 0 amide bonds. The van der Waals surface area contributed by atoms with Gasteiger partial charge in [-0.25, -0.2) is 4.68 Å². The summed E-state index contributed by atoms with van der Waals surface area (Å²) in [5.41, 5.74) is 2.28. The third-order valence-corrected chi connectivity index (χ3v) is 3.23. The van der Waals surface area contributed by atoms with Gasteiger partial charge in [-0.05, 0) is 19.9 Å². The molecule has 1 aromatic rings. The lowest BCUT2D eigenvalue weighted by atomic mass is 10.0. The first-order chi connectivity index (χ1) is 8.86.